The summed E-state index contributed by atoms with van der Waals surface area (Å²) >= 11 is 5.96. The molecular weight excluding hydrogens is 238 g/mol. The van der Waals surface area contributed by atoms with Crippen LogP contribution in [0.4, 0.5) is 5.69 Å². The number of nitrogen functional groups attached to an aromatic ring is 1. The van der Waals surface area contributed by atoms with E-state index in [0.717, 1.165) is 24.8 Å². The van der Waals surface area contributed by atoms with Crippen LogP contribution in [0.5, 0.6) is 0 Å². The number of halogens is 1. The Bertz CT molecular complexity index is 393. The van der Waals surface area contributed by atoms with Gasteiger partial charge in [0.2, 0.25) is 0 Å². The topological polar surface area (TPSA) is 52.3 Å². The lowest BCUT2D eigenvalue weighted by molar-refractivity contribution is -0.142. The number of benzene rings is 1. The van der Waals surface area contributed by atoms with E-state index in [9.17, 15) is 4.79 Å². The standard InChI is InChI=1S/C13H18ClNO2/c1-3-4-6-10(13(16)17-2)9-7-5-8-11(14)12(9)15/h5,7-8,10H,3-4,6,15H2,1-2H3. The highest BCUT2D eigenvalue weighted by Crippen LogP contribution is 2.32. The Kier molecular flexibility index (Phi) is 5.29. The first-order chi connectivity index (χ1) is 8.11. The minimum Gasteiger partial charge on any atom is -0.469 e. The molecule has 3 nitrogen and oxygen atoms in total. The molecule has 1 atom stereocenters. The van der Waals surface area contributed by atoms with Crippen LogP contribution < -0.4 is 5.73 Å². The molecule has 0 fully saturated rings. The molecule has 0 aromatic heterocycles. The van der Waals surface area contributed by atoms with Crippen molar-refractivity contribution in [2.24, 2.45) is 0 Å². The molecule has 4 heteroatoms. The van der Waals surface area contributed by atoms with E-state index < -0.39 is 0 Å². The van der Waals surface area contributed by atoms with Crippen molar-refractivity contribution in [1.82, 2.24) is 0 Å². The van der Waals surface area contributed by atoms with Gasteiger partial charge in [0.05, 0.1) is 23.7 Å². The molecule has 0 aliphatic carbocycles. The molecule has 0 saturated carbocycles. The largest absolute Gasteiger partial charge is 0.469 e. The van der Waals surface area contributed by atoms with Gasteiger partial charge in [-0.3, -0.25) is 4.79 Å². The van der Waals surface area contributed by atoms with Crippen LogP contribution in [0.25, 0.3) is 0 Å². The number of para-hydroxylation sites is 1. The molecule has 1 aromatic carbocycles. The van der Waals surface area contributed by atoms with E-state index in [1.165, 1.54) is 7.11 Å². The molecule has 2 N–H and O–H groups in total. The molecule has 0 aliphatic rings. The highest BCUT2D eigenvalue weighted by molar-refractivity contribution is 6.33. The molecule has 0 aliphatic heterocycles. The fourth-order valence-electron chi connectivity index (χ4n) is 1.81. The van der Waals surface area contributed by atoms with Crippen molar-refractivity contribution < 1.29 is 9.53 Å². The molecule has 0 heterocycles. The number of nitrogens with two attached hydrogens (primary N) is 1. The third-order valence-electron chi connectivity index (χ3n) is 2.79. The number of unbranched alkanes of at least 4 members (excludes halogenated alkanes) is 1. The summed E-state index contributed by atoms with van der Waals surface area (Å²) < 4.78 is 4.82. The van der Waals surface area contributed by atoms with Crippen LogP contribution in [0.3, 0.4) is 0 Å². The fraction of sp³-hybridized carbons (Fsp3) is 0.462. The van der Waals surface area contributed by atoms with Crippen molar-refractivity contribution in [3.05, 3.63) is 28.8 Å². The van der Waals surface area contributed by atoms with Crippen LogP contribution in [-0.2, 0) is 9.53 Å². The lowest BCUT2D eigenvalue weighted by Gasteiger charge is -2.17. The smallest absolute Gasteiger partial charge is 0.313 e. The number of methoxy groups -OCH3 is 1. The molecule has 0 amide bonds. The van der Waals surface area contributed by atoms with Crippen molar-refractivity contribution in [2.75, 3.05) is 12.8 Å². The fourth-order valence-corrected chi connectivity index (χ4v) is 1.99. The summed E-state index contributed by atoms with van der Waals surface area (Å²) in [6.07, 6.45) is 2.70. The quantitative estimate of drug-likeness (QED) is 0.648. The molecule has 0 saturated heterocycles. The second-order valence-electron chi connectivity index (χ2n) is 3.96. The zero-order chi connectivity index (χ0) is 12.8. The molecule has 94 valence electrons. The number of rotatable bonds is 5. The first-order valence-electron chi connectivity index (χ1n) is 5.73. The van der Waals surface area contributed by atoms with Crippen molar-refractivity contribution >= 4 is 23.3 Å². The number of hydrogen-bond donors (Lipinski definition) is 1. The second kappa shape index (κ2) is 6.50. The van der Waals surface area contributed by atoms with Crippen LogP contribution in [0, 0.1) is 0 Å². The van der Waals surface area contributed by atoms with E-state index in [1.807, 2.05) is 6.07 Å². The first-order valence-corrected chi connectivity index (χ1v) is 6.11. The molecule has 0 bridgehead atoms. The molecule has 0 spiro atoms. The number of hydrogen-bond acceptors (Lipinski definition) is 3. The Morgan fingerprint density at radius 1 is 1.53 bits per heavy atom. The van der Waals surface area contributed by atoms with E-state index >= 15 is 0 Å². The van der Waals surface area contributed by atoms with Crippen molar-refractivity contribution in [3.8, 4) is 0 Å². The maximum absolute atomic E-state index is 11.8. The molecule has 1 rings (SSSR count). The highest BCUT2D eigenvalue weighted by atomic mass is 35.5. The van der Waals surface area contributed by atoms with Gasteiger partial charge in [-0.25, -0.2) is 0 Å². The van der Waals surface area contributed by atoms with Gasteiger partial charge < -0.3 is 10.5 Å². The summed E-state index contributed by atoms with van der Waals surface area (Å²) in [6.45, 7) is 2.08. The molecule has 1 unspecified atom stereocenters. The summed E-state index contributed by atoms with van der Waals surface area (Å²) in [4.78, 5) is 11.8. The number of carbonyl (C=O) groups excluding carboxylic acids is 1. The van der Waals surface area contributed by atoms with Crippen LogP contribution in [-0.4, -0.2) is 13.1 Å². The van der Waals surface area contributed by atoms with E-state index in [2.05, 4.69) is 6.92 Å². The van der Waals surface area contributed by atoms with Gasteiger partial charge in [-0.15, -0.1) is 0 Å². The van der Waals surface area contributed by atoms with E-state index in [4.69, 9.17) is 22.1 Å². The maximum Gasteiger partial charge on any atom is 0.313 e. The molecule has 1 aromatic rings. The minimum atomic E-state index is -0.321. The summed E-state index contributed by atoms with van der Waals surface area (Å²) in [5.41, 5.74) is 7.14. The Balaban J connectivity index is 3.03. The summed E-state index contributed by atoms with van der Waals surface area (Å²) in [7, 11) is 1.39. The van der Waals surface area contributed by atoms with Gasteiger partial charge in [0, 0.05) is 0 Å². The number of esters is 1. The zero-order valence-electron chi connectivity index (χ0n) is 10.2. The third kappa shape index (κ3) is 3.37. The normalized spacial score (nSPS) is 12.2. The van der Waals surface area contributed by atoms with Gasteiger partial charge >= 0.3 is 5.97 Å². The zero-order valence-corrected chi connectivity index (χ0v) is 11.0. The monoisotopic (exact) mass is 255 g/mol. The van der Waals surface area contributed by atoms with Gasteiger partial charge in [0.25, 0.3) is 0 Å². The number of anilines is 1. The summed E-state index contributed by atoms with van der Waals surface area (Å²) in [6, 6.07) is 5.35. The van der Waals surface area contributed by atoms with E-state index in [0.29, 0.717) is 10.7 Å². The minimum absolute atomic E-state index is 0.257. The SMILES string of the molecule is CCCCC(C(=O)OC)c1cccc(Cl)c1N. The van der Waals surface area contributed by atoms with Crippen molar-refractivity contribution in [1.29, 1.82) is 0 Å². The lowest BCUT2D eigenvalue weighted by atomic mass is 9.92. The summed E-state index contributed by atoms with van der Waals surface area (Å²) in [5.74, 6) is -0.578. The van der Waals surface area contributed by atoms with Crippen molar-refractivity contribution in [2.45, 2.75) is 32.1 Å². The predicted molar refractivity (Wildman–Crippen MR) is 70.1 cm³/mol. The third-order valence-corrected chi connectivity index (χ3v) is 3.12. The van der Waals surface area contributed by atoms with Gasteiger partial charge in [-0.1, -0.05) is 43.5 Å². The van der Waals surface area contributed by atoms with Crippen LogP contribution in [0.1, 0.15) is 37.7 Å². The maximum atomic E-state index is 11.8. The van der Waals surface area contributed by atoms with E-state index in [1.54, 1.807) is 12.1 Å². The predicted octanol–water partition coefficient (Wildman–Crippen LogP) is 3.37. The lowest BCUT2D eigenvalue weighted by Crippen LogP contribution is -2.16. The Hall–Kier alpha value is -1.22. The van der Waals surface area contributed by atoms with Crippen LogP contribution in [0.15, 0.2) is 18.2 Å². The average Bonchev–Trinajstić information content (AvgIpc) is 2.34. The highest BCUT2D eigenvalue weighted by Gasteiger charge is 2.23. The van der Waals surface area contributed by atoms with Crippen LogP contribution in [0.2, 0.25) is 5.02 Å². The molecule has 0 radical (unpaired) electrons. The number of carbonyl (C=O) groups is 1. The molecular formula is C13H18ClNO2. The van der Waals surface area contributed by atoms with Gasteiger partial charge in [0.15, 0.2) is 0 Å². The van der Waals surface area contributed by atoms with Crippen molar-refractivity contribution in [3.63, 3.8) is 0 Å². The molecule has 17 heavy (non-hydrogen) atoms. The summed E-state index contributed by atoms with van der Waals surface area (Å²) in [5, 5.41) is 0.480. The number of ether oxygens (including phenoxy) is 1. The van der Waals surface area contributed by atoms with Gasteiger partial charge in [-0.05, 0) is 18.1 Å². The Labute approximate surface area is 107 Å². The average molecular weight is 256 g/mol. The van der Waals surface area contributed by atoms with Gasteiger partial charge in [0.1, 0.15) is 0 Å². The van der Waals surface area contributed by atoms with Gasteiger partial charge in [-0.2, -0.15) is 0 Å². The second-order valence-corrected chi connectivity index (χ2v) is 4.37. The Morgan fingerprint density at radius 2 is 2.24 bits per heavy atom. The first kappa shape index (κ1) is 13.8. The van der Waals surface area contributed by atoms with E-state index in [-0.39, 0.29) is 11.9 Å². The Morgan fingerprint density at radius 3 is 2.82 bits per heavy atom. The van der Waals surface area contributed by atoms with Crippen LogP contribution >= 0.6 is 11.6 Å².